The number of aromatic nitrogens is 3. The predicted octanol–water partition coefficient (Wildman–Crippen LogP) is -0.0259. The number of hydrogen-bond acceptors (Lipinski definition) is 5. The number of likely N-dealkylation sites (tertiary alicyclic amines) is 1. The van der Waals surface area contributed by atoms with Crippen molar-refractivity contribution in [2.75, 3.05) is 19.6 Å². The summed E-state index contributed by atoms with van der Waals surface area (Å²) in [4.78, 5) is 39.1. The second-order valence-electron chi connectivity index (χ2n) is 6.27. The number of para-hydroxylation sites is 1. The van der Waals surface area contributed by atoms with E-state index in [2.05, 4.69) is 15.6 Å². The van der Waals surface area contributed by atoms with Gasteiger partial charge in [0.15, 0.2) is 0 Å². The molecule has 4 amide bonds. The van der Waals surface area contributed by atoms with Gasteiger partial charge in [-0.25, -0.2) is 9.48 Å². The van der Waals surface area contributed by atoms with Crippen molar-refractivity contribution in [3.63, 3.8) is 0 Å². The van der Waals surface area contributed by atoms with Crippen LogP contribution in [0, 0.1) is 0 Å². The Kier molecular flexibility index (Phi) is 3.83. The average molecular weight is 342 g/mol. The van der Waals surface area contributed by atoms with Crippen molar-refractivity contribution in [3.05, 3.63) is 24.3 Å². The second kappa shape index (κ2) is 6.15. The number of fused-ring (bicyclic) bond motifs is 1. The lowest BCUT2D eigenvalue weighted by Gasteiger charge is -2.35. The molecule has 2 fully saturated rings. The molecule has 0 aliphatic carbocycles. The smallest absolute Gasteiger partial charge is 0.324 e. The molecular weight excluding hydrogens is 324 g/mol. The van der Waals surface area contributed by atoms with Crippen LogP contribution in [0.25, 0.3) is 11.0 Å². The van der Waals surface area contributed by atoms with Crippen LogP contribution in [0.1, 0.15) is 12.8 Å². The van der Waals surface area contributed by atoms with E-state index in [0.29, 0.717) is 25.9 Å². The van der Waals surface area contributed by atoms with Crippen molar-refractivity contribution in [3.8, 4) is 0 Å². The van der Waals surface area contributed by atoms with Crippen LogP contribution in [0.2, 0.25) is 0 Å². The molecule has 0 bridgehead atoms. The maximum absolute atomic E-state index is 12.5. The zero-order valence-electron chi connectivity index (χ0n) is 13.6. The van der Waals surface area contributed by atoms with Gasteiger partial charge in [0.05, 0.1) is 12.1 Å². The molecule has 1 aromatic heterocycles. The first-order valence-electron chi connectivity index (χ1n) is 8.29. The van der Waals surface area contributed by atoms with Gasteiger partial charge >= 0.3 is 6.03 Å². The standard InChI is InChI=1S/C16H18N6O3/c23-14-9-17-16(25)22(14)11-5-7-20(8-6-11)15(24)10-21-13-4-2-1-3-12(13)18-19-21/h1-4,11H,5-10H2,(H,17,25). The van der Waals surface area contributed by atoms with E-state index in [-0.39, 0.29) is 37.0 Å². The normalized spacial score (nSPS) is 18.9. The zero-order chi connectivity index (χ0) is 17.4. The maximum Gasteiger partial charge on any atom is 0.324 e. The molecule has 9 nitrogen and oxygen atoms in total. The second-order valence-corrected chi connectivity index (χ2v) is 6.27. The number of imide groups is 1. The minimum Gasteiger partial charge on any atom is -0.341 e. The summed E-state index contributed by atoms with van der Waals surface area (Å²) in [6, 6.07) is 7.04. The van der Waals surface area contributed by atoms with E-state index in [1.165, 1.54) is 4.90 Å². The molecule has 0 atom stereocenters. The number of carbonyl (C=O) groups is 3. The van der Waals surface area contributed by atoms with Gasteiger partial charge in [0.25, 0.3) is 0 Å². The van der Waals surface area contributed by atoms with Gasteiger partial charge < -0.3 is 10.2 Å². The largest absolute Gasteiger partial charge is 0.341 e. The number of urea groups is 1. The molecule has 1 aromatic carbocycles. The highest BCUT2D eigenvalue weighted by Gasteiger charge is 2.37. The zero-order valence-corrected chi connectivity index (χ0v) is 13.6. The van der Waals surface area contributed by atoms with E-state index in [9.17, 15) is 14.4 Å². The summed E-state index contributed by atoms with van der Waals surface area (Å²) in [5.74, 6) is -0.227. The molecule has 3 heterocycles. The molecule has 0 spiro atoms. The van der Waals surface area contributed by atoms with Crippen LogP contribution in [-0.4, -0.2) is 68.3 Å². The van der Waals surface area contributed by atoms with Crippen LogP contribution >= 0.6 is 0 Å². The highest BCUT2D eigenvalue weighted by Crippen LogP contribution is 2.19. The summed E-state index contributed by atoms with van der Waals surface area (Å²) in [6.45, 7) is 1.24. The van der Waals surface area contributed by atoms with E-state index >= 15 is 0 Å². The molecule has 2 aliphatic rings. The number of amides is 4. The van der Waals surface area contributed by atoms with E-state index in [1.54, 1.807) is 9.58 Å². The molecule has 9 heteroatoms. The Morgan fingerprint density at radius 3 is 2.68 bits per heavy atom. The lowest BCUT2D eigenvalue weighted by atomic mass is 10.0. The number of nitrogens with zero attached hydrogens (tertiary/aromatic N) is 5. The Morgan fingerprint density at radius 1 is 1.20 bits per heavy atom. The number of benzene rings is 1. The molecule has 25 heavy (non-hydrogen) atoms. The van der Waals surface area contributed by atoms with Crippen molar-refractivity contribution in [2.24, 2.45) is 0 Å². The van der Waals surface area contributed by atoms with E-state index in [1.807, 2.05) is 24.3 Å². The number of nitrogens with one attached hydrogen (secondary N) is 1. The third-order valence-electron chi connectivity index (χ3n) is 4.77. The molecule has 0 unspecified atom stereocenters. The van der Waals surface area contributed by atoms with Crippen LogP contribution in [0.3, 0.4) is 0 Å². The van der Waals surface area contributed by atoms with Crippen molar-refractivity contribution in [1.82, 2.24) is 30.1 Å². The topological polar surface area (TPSA) is 100 Å². The fourth-order valence-corrected chi connectivity index (χ4v) is 3.44. The van der Waals surface area contributed by atoms with Gasteiger partial charge in [0.2, 0.25) is 11.8 Å². The summed E-state index contributed by atoms with van der Waals surface area (Å²) < 4.78 is 1.60. The van der Waals surface area contributed by atoms with Gasteiger partial charge in [-0.3, -0.25) is 14.5 Å². The highest BCUT2D eigenvalue weighted by atomic mass is 16.2. The van der Waals surface area contributed by atoms with E-state index in [0.717, 1.165) is 11.0 Å². The molecule has 4 rings (SSSR count). The Bertz CT molecular complexity index is 823. The Labute approximate surface area is 143 Å². The first-order valence-corrected chi connectivity index (χ1v) is 8.29. The molecule has 1 N–H and O–H groups in total. The third kappa shape index (κ3) is 2.81. The number of hydrogen-bond donors (Lipinski definition) is 1. The first-order chi connectivity index (χ1) is 12.1. The Hall–Kier alpha value is -2.97. The van der Waals surface area contributed by atoms with Crippen molar-refractivity contribution in [1.29, 1.82) is 0 Å². The lowest BCUT2D eigenvalue weighted by Crippen LogP contribution is -2.49. The van der Waals surface area contributed by atoms with Crippen LogP contribution in [0.4, 0.5) is 4.79 Å². The Balaban J connectivity index is 1.38. The minimum absolute atomic E-state index is 0.0358. The van der Waals surface area contributed by atoms with Crippen LogP contribution < -0.4 is 5.32 Å². The first kappa shape index (κ1) is 15.6. The molecular formula is C16H18N6O3. The van der Waals surface area contributed by atoms with Gasteiger partial charge in [-0.05, 0) is 25.0 Å². The van der Waals surface area contributed by atoms with Gasteiger partial charge in [0, 0.05) is 19.1 Å². The minimum atomic E-state index is -0.330. The van der Waals surface area contributed by atoms with Crippen LogP contribution in [0.5, 0.6) is 0 Å². The van der Waals surface area contributed by atoms with Gasteiger partial charge in [-0.15, -0.1) is 5.10 Å². The van der Waals surface area contributed by atoms with Gasteiger partial charge in [-0.2, -0.15) is 0 Å². The molecule has 2 saturated heterocycles. The fourth-order valence-electron chi connectivity index (χ4n) is 3.44. The van der Waals surface area contributed by atoms with Crippen molar-refractivity contribution in [2.45, 2.75) is 25.4 Å². The fraction of sp³-hybridized carbons (Fsp3) is 0.438. The van der Waals surface area contributed by atoms with E-state index < -0.39 is 0 Å². The average Bonchev–Trinajstić information content (AvgIpc) is 3.19. The van der Waals surface area contributed by atoms with Crippen LogP contribution in [-0.2, 0) is 16.1 Å². The van der Waals surface area contributed by atoms with Crippen molar-refractivity contribution >= 4 is 28.9 Å². The Morgan fingerprint density at radius 2 is 1.96 bits per heavy atom. The number of rotatable bonds is 3. The SMILES string of the molecule is O=C(Cn1nnc2ccccc21)N1CCC(N2C(=O)CNC2=O)CC1. The quantitative estimate of drug-likeness (QED) is 0.790. The molecule has 2 aromatic rings. The molecule has 0 radical (unpaired) electrons. The van der Waals surface area contributed by atoms with Gasteiger partial charge in [0.1, 0.15) is 12.1 Å². The highest BCUT2D eigenvalue weighted by molar-refractivity contribution is 6.02. The van der Waals surface area contributed by atoms with Crippen LogP contribution in [0.15, 0.2) is 24.3 Å². The summed E-state index contributed by atoms with van der Waals surface area (Å²) in [7, 11) is 0. The van der Waals surface area contributed by atoms with E-state index in [4.69, 9.17) is 0 Å². The molecule has 0 saturated carbocycles. The van der Waals surface area contributed by atoms with Gasteiger partial charge in [-0.1, -0.05) is 17.3 Å². The summed E-state index contributed by atoms with van der Waals surface area (Å²) in [5, 5.41) is 10.6. The molecule has 2 aliphatic heterocycles. The summed E-state index contributed by atoms with van der Waals surface area (Å²) in [5.41, 5.74) is 1.58. The summed E-state index contributed by atoms with van der Waals surface area (Å²) in [6.07, 6.45) is 1.20. The lowest BCUT2D eigenvalue weighted by molar-refractivity contribution is -0.134. The third-order valence-corrected chi connectivity index (χ3v) is 4.77. The monoisotopic (exact) mass is 342 g/mol. The predicted molar refractivity (Wildman–Crippen MR) is 87.4 cm³/mol. The summed E-state index contributed by atoms with van der Waals surface area (Å²) >= 11 is 0. The van der Waals surface area contributed by atoms with Crippen molar-refractivity contribution < 1.29 is 14.4 Å². The maximum atomic E-state index is 12.5. The number of carbonyl (C=O) groups excluding carboxylic acids is 3. The number of piperidine rings is 1. The molecule has 130 valence electrons.